The van der Waals surface area contributed by atoms with Crippen LogP contribution in [0.2, 0.25) is 0 Å². The zero-order chi connectivity index (χ0) is 14.1. The van der Waals surface area contributed by atoms with Crippen LogP contribution in [-0.4, -0.2) is 0 Å². The summed E-state index contributed by atoms with van der Waals surface area (Å²) in [4.78, 5) is 0. The Balaban J connectivity index is 2.51. The molecule has 0 atom stereocenters. The van der Waals surface area contributed by atoms with Crippen LogP contribution >= 0.6 is 11.6 Å². The molecule has 1 rings (SSSR count). The maximum atomic E-state index is 5.88. The van der Waals surface area contributed by atoms with Gasteiger partial charge in [-0.1, -0.05) is 29.8 Å². The third-order valence-electron chi connectivity index (χ3n) is 2.11. The van der Waals surface area contributed by atoms with Gasteiger partial charge in [-0.25, -0.2) is 0 Å². The smallest absolute Gasteiger partial charge is 0.190 e. The molecule has 0 saturated heterocycles. The average Bonchev–Trinajstić information content (AvgIpc) is 2.38. The Morgan fingerprint density at radius 3 is 2.74 bits per heavy atom. The molecule has 0 radical (unpaired) electrons. The van der Waals surface area contributed by atoms with Gasteiger partial charge in [0, 0.05) is 17.2 Å². The molecule has 0 heterocycles. The quantitative estimate of drug-likeness (QED) is 0.477. The predicted octanol–water partition coefficient (Wildman–Crippen LogP) is 4.18. The maximum Gasteiger partial charge on any atom is 0.190 e. The van der Waals surface area contributed by atoms with E-state index < -0.39 is 0 Å². The van der Waals surface area contributed by atoms with Gasteiger partial charge in [-0.05, 0) is 37.8 Å². The third kappa shape index (κ3) is 6.40. The average molecular weight is 274 g/mol. The lowest BCUT2D eigenvalue weighted by atomic mass is 10.3. The molecule has 0 aliphatic rings. The van der Waals surface area contributed by atoms with E-state index in [1.165, 1.54) is 0 Å². The van der Waals surface area contributed by atoms with Gasteiger partial charge in [0.2, 0.25) is 0 Å². The molecule has 0 aliphatic heterocycles. The number of benzene rings is 1. The molecule has 0 aliphatic carbocycles. The minimum Gasteiger partial charge on any atom is -0.442 e. The van der Waals surface area contributed by atoms with E-state index in [9.17, 15) is 0 Å². The Morgan fingerprint density at radius 2 is 2.11 bits per heavy atom. The first kappa shape index (κ1) is 14.9. The van der Waals surface area contributed by atoms with Gasteiger partial charge in [0.15, 0.2) is 5.88 Å². The molecule has 98 valence electrons. The van der Waals surface area contributed by atoms with Gasteiger partial charge in [0.05, 0.1) is 0 Å². The topological polar surface area (TPSA) is 21.3 Å². The lowest BCUT2D eigenvalue weighted by molar-refractivity contribution is 0.396. The van der Waals surface area contributed by atoms with Crippen molar-refractivity contribution in [3.05, 3.63) is 65.7 Å². The van der Waals surface area contributed by atoms with E-state index in [2.05, 4.69) is 17.8 Å². The van der Waals surface area contributed by atoms with Crippen LogP contribution in [0.5, 0.6) is 5.75 Å². The van der Waals surface area contributed by atoms with E-state index in [0.29, 0.717) is 17.3 Å². The number of ether oxygens (including phenoxy) is 1. The molecule has 1 aromatic rings. The number of hydrogen-bond acceptors (Lipinski definition) is 2. The second-order valence-corrected chi connectivity index (χ2v) is 4.29. The van der Waals surface area contributed by atoms with Crippen molar-refractivity contribution in [1.29, 1.82) is 0 Å². The fourth-order valence-electron chi connectivity index (χ4n) is 1.29. The summed E-state index contributed by atoms with van der Waals surface area (Å²) in [6.45, 7) is 5.68. The van der Waals surface area contributed by atoms with Crippen LogP contribution in [0.15, 0.2) is 65.7 Å². The summed E-state index contributed by atoms with van der Waals surface area (Å²) in [5.74, 6) is 3.65. The minimum atomic E-state index is 0.423. The molecule has 0 bridgehead atoms. The van der Waals surface area contributed by atoms with Gasteiger partial charge in [-0.2, -0.15) is 0 Å². The maximum absolute atomic E-state index is 5.88. The third-order valence-corrected chi connectivity index (χ3v) is 2.37. The van der Waals surface area contributed by atoms with Crippen LogP contribution in [-0.2, 0) is 0 Å². The molecule has 19 heavy (non-hydrogen) atoms. The molecular weight excluding hydrogens is 258 g/mol. The van der Waals surface area contributed by atoms with Gasteiger partial charge in [0.25, 0.3) is 0 Å². The van der Waals surface area contributed by atoms with Crippen molar-refractivity contribution in [1.82, 2.24) is 5.32 Å². The van der Waals surface area contributed by atoms with Gasteiger partial charge in [0.1, 0.15) is 5.75 Å². The molecule has 0 spiro atoms. The summed E-state index contributed by atoms with van der Waals surface area (Å²) >= 11 is 5.88. The number of rotatable bonds is 6. The summed E-state index contributed by atoms with van der Waals surface area (Å²) in [6.07, 6.45) is 9.15. The van der Waals surface area contributed by atoms with Crippen molar-refractivity contribution < 1.29 is 4.74 Å². The van der Waals surface area contributed by atoms with E-state index in [1.54, 1.807) is 6.08 Å². The van der Waals surface area contributed by atoms with E-state index in [-0.39, 0.29) is 0 Å². The summed E-state index contributed by atoms with van der Waals surface area (Å²) in [5, 5.41) is 3.62. The van der Waals surface area contributed by atoms with Crippen LogP contribution in [0.4, 0.5) is 0 Å². The van der Waals surface area contributed by atoms with Crippen molar-refractivity contribution in [3.63, 3.8) is 0 Å². The summed E-state index contributed by atoms with van der Waals surface area (Å²) in [7, 11) is 0. The van der Waals surface area contributed by atoms with E-state index in [1.807, 2.05) is 43.3 Å². The normalized spacial score (nSPS) is 11.6. The van der Waals surface area contributed by atoms with Crippen molar-refractivity contribution in [2.75, 3.05) is 0 Å². The standard InChI is InChI=1S/C16H16ClNO/c1-4-8-15(17)12-11-13(2)18-14(3)19-16-9-6-5-7-10-16/h1,5-7,9-12,18H,3,8H2,2H3/b13-11+,15-12+. The fraction of sp³-hybridized carbons (Fsp3) is 0.125. The number of terminal acetylenes is 1. The van der Waals surface area contributed by atoms with Crippen molar-refractivity contribution in [3.8, 4) is 18.1 Å². The lowest BCUT2D eigenvalue weighted by Crippen LogP contribution is -2.14. The summed E-state index contributed by atoms with van der Waals surface area (Å²) in [5.41, 5.74) is 0.858. The van der Waals surface area contributed by atoms with Crippen LogP contribution in [0, 0.1) is 12.3 Å². The fourth-order valence-corrected chi connectivity index (χ4v) is 1.43. The van der Waals surface area contributed by atoms with Crippen LogP contribution in [0.3, 0.4) is 0 Å². The highest BCUT2D eigenvalue weighted by Crippen LogP contribution is 2.11. The van der Waals surface area contributed by atoms with Crippen LogP contribution in [0.25, 0.3) is 0 Å². The molecule has 0 fully saturated rings. The molecule has 0 saturated carbocycles. The molecule has 3 heteroatoms. The second-order valence-electron chi connectivity index (χ2n) is 3.81. The monoisotopic (exact) mass is 273 g/mol. The Kier molecular flexibility index (Phi) is 6.35. The first-order chi connectivity index (χ1) is 9.11. The van der Waals surface area contributed by atoms with Crippen molar-refractivity contribution in [2.24, 2.45) is 0 Å². The Bertz CT molecular complexity index is 523. The van der Waals surface area contributed by atoms with E-state index >= 15 is 0 Å². The molecule has 0 aromatic heterocycles. The second kappa shape index (κ2) is 8.07. The largest absolute Gasteiger partial charge is 0.442 e. The van der Waals surface area contributed by atoms with Gasteiger partial charge in [-0.15, -0.1) is 12.3 Å². The Hall–Kier alpha value is -2.11. The minimum absolute atomic E-state index is 0.423. The summed E-state index contributed by atoms with van der Waals surface area (Å²) < 4.78 is 5.51. The number of para-hydroxylation sites is 1. The summed E-state index contributed by atoms with van der Waals surface area (Å²) in [6, 6.07) is 9.43. The zero-order valence-electron chi connectivity index (χ0n) is 10.8. The first-order valence-electron chi connectivity index (χ1n) is 5.77. The molecular formula is C16H16ClNO. The Labute approximate surface area is 119 Å². The number of allylic oxidation sites excluding steroid dienone is 4. The highest BCUT2D eigenvalue weighted by Gasteiger charge is 1.97. The van der Waals surface area contributed by atoms with Gasteiger partial charge in [-0.3, -0.25) is 0 Å². The van der Waals surface area contributed by atoms with E-state index in [0.717, 1.165) is 11.4 Å². The van der Waals surface area contributed by atoms with Crippen molar-refractivity contribution in [2.45, 2.75) is 13.3 Å². The number of nitrogens with one attached hydrogen (secondary N) is 1. The molecule has 2 nitrogen and oxygen atoms in total. The zero-order valence-corrected chi connectivity index (χ0v) is 11.6. The van der Waals surface area contributed by atoms with Crippen molar-refractivity contribution >= 4 is 11.6 Å². The molecule has 0 amide bonds. The van der Waals surface area contributed by atoms with Gasteiger partial charge >= 0.3 is 0 Å². The number of halogens is 1. The molecule has 0 unspecified atom stereocenters. The first-order valence-corrected chi connectivity index (χ1v) is 6.15. The SMILES string of the molecule is C#CC/C(Cl)=C\C=C(/C)NC(=C)Oc1ccccc1. The lowest BCUT2D eigenvalue weighted by Gasteiger charge is -2.10. The van der Waals surface area contributed by atoms with Gasteiger partial charge < -0.3 is 10.1 Å². The highest BCUT2D eigenvalue weighted by molar-refractivity contribution is 6.29. The molecule has 1 aromatic carbocycles. The highest BCUT2D eigenvalue weighted by atomic mass is 35.5. The van der Waals surface area contributed by atoms with E-state index in [4.69, 9.17) is 22.8 Å². The van der Waals surface area contributed by atoms with Crippen LogP contribution < -0.4 is 10.1 Å². The number of hydrogen-bond donors (Lipinski definition) is 1. The Morgan fingerprint density at radius 1 is 1.42 bits per heavy atom. The predicted molar refractivity (Wildman–Crippen MR) is 80.5 cm³/mol. The molecule has 1 N–H and O–H groups in total. The van der Waals surface area contributed by atoms with Crippen LogP contribution in [0.1, 0.15) is 13.3 Å².